The predicted octanol–water partition coefficient (Wildman–Crippen LogP) is 4.07. The molecule has 0 aliphatic rings. The molecular weight excluding hydrogens is 359 g/mol. The lowest BCUT2D eigenvalue weighted by molar-refractivity contribution is -0.140. The molecule has 0 unspecified atom stereocenters. The van der Waals surface area contributed by atoms with E-state index in [1.807, 2.05) is 0 Å². The summed E-state index contributed by atoms with van der Waals surface area (Å²) in [7, 11) is 0. The van der Waals surface area contributed by atoms with Crippen molar-refractivity contribution in [2.75, 3.05) is 0 Å². The molecule has 0 aliphatic heterocycles. The van der Waals surface area contributed by atoms with Gasteiger partial charge in [-0.25, -0.2) is 0 Å². The first-order valence-electron chi connectivity index (χ1n) is 7.08. The van der Waals surface area contributed by atoms with Crippen LogP contribution in [0.15, 0.2) is 36.4 Å². The van der Waals surface area contributed by atoms with Crippen LogP contribution >= 0.6 is 12.4 Å². The highest BCUT2D eigenvalue weighted by Crippen LogP contribution is 2.44. The van der Waals surface area contributed by atoms with E-state index in [1.54, 1.807) is 24.3 Å². The molecule has 25 heavy (non-hydrogen) atoms. The Morgan fingerprint density at radius 2 is 1.84 bits per heavy atom. The van der Waals surface area contributed by atoms with Gasteiger partial charge in [-0.2, -0.15) is 13.2 Å². The fourth-order valence-corrected chi connectivity index (χ4v) is 2.26. The molecule has 0 heterocycles. The molecule has 0 saturated carbocycles. The standard InChI is InChI=1S/C17H16F3NO3.ClH/c1-10(22)13-5-6-14(15(16(13)23)17(18,19)20)24-9-12-4-2-3-11(7-12)8-21;/h2-7,23H,8-9,21H2,1H3;1H. The van der Waals surface area contributed by atoms with Gasteiger partial charge in [0.2, 0.25) is 0 Å². The first kappa shape index (κ1) is 20.8. The molecule has 0 fully saturated rings. The van der Waals surface area contributed by atoms with E-state index in [-0.39, 0.29) is 19.0 Å². The second-order valence-corrected chi connectivity index (χ2v) is 5.20. The number of phenols is 1. The quantitative estimate of drug-likeness (QED) is 0.772. The Bertz CT molecular complexity index is 763. The van der Waals surface area contributed by atoms with E-state index in [9.17, 15) is 23.1 Å². The number of phenolic OH excluding ortho intramolecular Hbond substituents is 1. The van der Waals surface area contributed by atoms with Crippen molar-refractivity contribution in [1.29, 1.82) is 0 Å². The van der Waals surface area contributed by atoms with E-state index >= 15 is 0 Å². The van der Waals surface area contributed by atoms with Crippen molar-refractivity contribution < 1.29 is 27.8 Å². The molecule has 2 aromatic carbocycles. The maximum absolute atomic E-state index is 13.2. The molecule has 0 radical (unpaired) electrons. The van der Waals surface area contributed by atoms with E-state index in [0.29, 0.717) is 12.1 Å². The van der Waals surface area contributed by atoms with Gasteiger partial charge in [-0.3, -0.25) is 4.79 Å². The Hall–Kier alpha value is -2.25. The Morgan fingerprint density at radius 3 is 2.40 bits per heavy atom. The average Bonchev–Trinajstić information content (AvgIpc) is 2.51. The number of ether oxygens (including phenoxy) is 1. The molecule has 0 spiro atoms. The zero-order chi connectivity index (χ0) is 17.9. The number of ketones is 1. The van der Waals surface area contributed by atoms with Crippen molar-refractivity contribution in [3.8, 4) is 11.5 Å². The van der Waals surface area contributed by atoms with Crippen LogP contribution in [0.2, 0.25) is 0 Å². The minimum Gasteiger partial charge on any atom is -0.506 e. The van der Waals surface area contributed by atoms with Crippen LogP contribution in [0, 0.1) is 0 Å². The van der Waals surface area contributed by atoms with Crippen LogP contribution < -0.4 is 10.5 Å². The van der Waals surface area contributed by atoms with Gasteiger partial charge in [-0.1, -0.05) is 24.3 Å². The largest absolute Gasteiger partial charge is 0.506 e. The number of rotatable bonds is 5. The van der Waals surface area contributed by atoms with Gasteiger partial charge in [0.15, 0.2) is 5.78 Å². The first-order valence-corrected chi connectivity index (χ1v) is 7.08. The Kier molecular flexibility index (Phi) is 6.84. The summed E-state index contributed by atoms with van der Waals surface area (Å²) >= 11 is 0. The zero-order valence-corrected chi connectivity index (χ0v) is 14.1. The molecule has 0 bridgehead atoms. The molecule has 136 valence electrons. The SMILES string of the molecule is CC(=O)c1ccc(OCc2cccc(CN)c2)c(C(F)(F)F)c1O.Cl. The molecule has 2 rings (SSSR count). The van der Waals surface area contributed by atoms with E-state index in [0.717, 1.165) is 24.6 Å². The summed E-state index contributed by atoms with van der Waals surface area (Å²) in [6, 6.07) is 9.07. The Labute approximate surface area is 148 Å². The second-order valence-electron chi connectivity index (χ2n) is 5.20. The number of aromatic hydroxyl groups is 1. The third kappa shape index (κ3) is 4.87. The second kappa shape index (κ2) is 8.22. The van der Waals surface area contributed by atoms with Crippen molar-refractivity contribution >= 4 is 18.2 Å². The third-order valence-electron chi connectivity index (χ3n) is 3.42. The maximum Gasteiger partial charge on any atom is 0.423 e. The number of halogens is 4. The monoisotopic (exact) mass is 375 g/mol. The van der Waals surface area contributed by atoms with Gasteiger partial charge in [-0.15, -0.1) is 12.4 Å². The number of carbonyl (C=O) groups is 1. The number of carbonyl (C=O) groups excluding carboxylic acids is 1. The number of Topliss-reactive ketones (excluding diaryl/α,β-unsaturated/α-hetero) is 1. The predicted molar refractivity (Wildman–Crippen MR) is 89.0 cm³/mol. The van der Waals surface area contributed by atoms with Gasteiger partial charge < -0.3 is 15.6 Å². The van der Waals surface area contributed by atoms with Crippen LogP contribution in [-0.2, 0) is 19.3 Å². The molecule has 0 aromatic heterocycles. The lowest BCUT2D eigenvalue weighted by atomic mass is 10.0. The van der Waals surface area contributed by atoms with Crippen LogP contribution in [0.5, 0.6) is 11.5 Å². The number of hydrogen-bond donors (Lipinski definition) is 2. The molecule has 0 atom stereocenters. The minimum absolute atomic E-state index is 0. The number of hydrogen-bond acceptors (Lipinski definition) is 4. The number of nitrogens with two attached hydrogens (primary N) is 1. The molecule has 0 aliphatic carbocycles. The van der Waals surface area contributed by atoms with Crippen molar-refractivity contribution in [3.05, 3.63) is 58.7 Å². The van der Waals surface area contributed by atoms with Crippen LogP contribution in [0.4, 0.5) is 13.2 Å². The molecule has 0 amide bonds. The average molecular weight is 376 g/mol. The molecule has 8 heteroatoms. The maximum atomic E-state index is 13.2. The fourth-order valence-electron chi connectivity index (χ4n) is 2.26. The summed E-state index contributed by atoms with van der Waals surface area (Å²) < 4.78 is 44.9. The van der Waals surface area contributed by atoms with Crippen LogP contribution in [0.1, 0.15) is 34.0 Å². The Balaban J connectivity index is 0.00000312. The van der Waals surface area contributed by atoms with E-state index in [2.05, 4.69) is 0 Å². The van der Waals surface area contributed by atoms with E-state index < -0.39 is 34.6 Å². The van der Waals surface area contributed by atoms with Crippen molar-refractivity contribution in [2.24, 2.45) is 5.73 Å². The van der Waals surface area contributed by atoms with Crippen LogP contribution in [-0.4, -0.2) is 10.9 Å². The molecule has 4 nitrogen and oxygen atoms in total. The third-order valence-corrected chi connectivity index (χ3v) is 3.42. The summed E-state index contributed by atoms with van der Waals surface area (Å²) in [5.41, 5.74) is 5.22. The summed E-state index contributed by atoms with van der Waals surface area (Å²) in [6.07, 6.45) is -4.86. The van der Waals surface area contributed by atoms with Gasteiger partial charge in [0.05, 0.1) is 5.56 Å². The summed E-state index contributed by atoms with van der Waals surface area (Å²) in [5, 5.41) is 9.82. The lowest BCUT2D eigenvalue weighted by Crippen LogP contribution is -2.11. The molecule has 0 saturated heterocycles. The molecular formula is C17H17ClF3NO3. The Morgan fingerprint density at radius 1 is 1.20 bits per heavy atom. The van der Waals surface area contributed by atoms with E-state index in [4.69, 9.17) is 10.5 Å². The topological polar surface area (TPSA) is 72.5 Å². The van der Waals surface area contributed by atoms with Crippen molar-refractivity contribution in [1.82, 2.24) is 0 Å². The highest BCUT2D eigenvalue weighted by molar-refractivity contribution is 5.97. The van der Waals surface area contributed by atoms with E-state index in [1.165, 1.54) is 0 Å². The van der Waals surface area contributed by atoms with Gasteiger partial charge >= 0.3 is 6.18 Å². The number of benzene rings is 2. The summed E-state index contributed by atoms with van der Waals surface area (Å²) in [5.74, 6) is -2.33. The summed E-state index contributed by atoms with van der Waals surface area (Å²) in [6.45, 7) is 1.25. The van der Waals surface area contributed by atoms with Crippen molar-refractivity contribution in [3.63, 3.8) is 0 Å². The van der Waals surface area contributed by atoms with Crippen molar-refractivity contribution in [2.45, 2.75) is 26.3 Å². The van der Waals surface area contributed by atoms with Crippen LogP contribution in [0.25, 0.3) is 0 Å². The smallest absolute Gasteiger partial charge is 0.423 e. The van der Waals surface area contributed by atoms with Gasteiger partial charge in [0, 0.05) is 6.54 Å². The highest BCUT2D eigenvalue weighted by Gasteiger charge is 2.39. The van der Waals surface area contributed by atoms with Crippen LogP contribution in [0.3, 0.4) is 0 Å². The first-order chi connectivity index (χ1) is 11.2. The zero-order valence-electron chi connectivity index (χ0n) is 13.3. The van der Waals surface area contributed by atoms with Gasteiger partial charge in [0.25, 0.3) is 0 Å². The number of alkyl halides is 3. The lowest BCUT2D eigenvalue weighted by Gasteiger charge is -2.17. The van der Waals surface area contributed by atoms with Gasteiger partial charge in [0.1, 0.15) is 23.7 Å². The normalized spacial score (nSPS) is 10.9. The molecule has 3 N–H and O–H groups in total. The van der Waals surface area contributed by atoms with Gasteiger partial charge in [-0.05, 0) is 30.2 Å². The summed E-state index contributed by atoms with van der Waals surface area (Å²) in [4.78, 5) is 11.3. The minimum atomic E-state index is -4.86. The fraction of sp³-hybridized carbons (Fsp3) is 0.235. The highest BCUT2D eigenvalue weighted by atomic mass is 35.5. The molecule has 2 aromatic rings.